The molecule has 1 aromatic heterocycles. The van der Waals surface area contributed by atoms with E-state index in [4.69, 9.17) is 9.72 Å². The summed E-state index contributed by atoms with van der Waals surface area (Å²) in [6.45, 7) is 3.81. The summed E-state index contributed by atoms with van der Waals surface area (Å²) in [6, 6.07) is 8.80. The van der Waals surface area contributed by atoms with Crippen LogP contribution < -0.4 is 10.6 Å². The molecule has 1 saturated carbocycles. The number of aromatic nitrogens is 2. The topological polar surface area (TPSA) is 110 Å². The third-order valence-electron chi connectivity index (χ3n) is 5.68. The van der Waals surface area contributed by atoms with E-state index >= 15 is 0 Å². The molecule has 2 aliphatic rings. The number of amides is 2. The van der Waals surface area contributed by atoms with E-state index in [1.165, 1.54) is 6.26 Å². The first-order valence-electron chi connectivity index (χ1n) is 10.1. The molecule has 2 aromatic rings. The Balaban J connectivity index is 1.66. The van der Waals surface area contributed by atoms with Crippen LogP contribution in [-0.4, -0.2) is 50.4 Å². The van der Waals surface area contributed by atoms with Gasteiger partial charge < -0.3 is 15.4 Å². The Labute approximate surface area is 176 Å². The molecule has 1 saturated heterocycles. The van der Waals surface area contributed by atoms with Crippen LogP contribution in [0.25, 0.3) is 11.4 Å². The predicted molar refractivity (Wildman–Crippen MR) is 114 cm³/mol. The summed E-state index contributed by atoms with van der Waals surface area (Å²) in [5.41, 5.74) is 2.82. The van der Waals surface area contributed by atoms with Gasteiger partial charge in [0.05, 0.1) is 23.7 Å². The lowest BCUT2D eigenvalue weighted by atomic mass is 9.93. The fourth-order valence-electron chi connectivity index (χ4n) is 4.09. The highest BCUT2D eigenvalue weighted by atomic mass is 32.2. The highest BCUT2D eigenvalue weighted by Gasteiger charge is 2.57. The van der Waals surface area contributed by atoms with E-state index in [1.54, 1.807) is 12.1 Å². The van der Waals surface area contributed by atoms with Crippen molar-refractivity contribution in [3.05, 3.63) is 41.7 Å². The molecule has 2 amide bonds. The lowest BCUT2D eigenvalue weighted by molar-refractivity contribution is 0.0794. The molecule has 1 aliphatic carbocycles. The van der Waals surface area contributed by atoms with E-state index in [0.717, 1.165) is 30.7 Å². The Kier molecular flexibility index (Phi) is 5.50. The number of anilines is 1. The van der Waals surface area contributed by atoms with Crippen molar-refractivity contribution in [2.24, 2.45) is 5.92 Å². The molecule has 1 aromatic carbocycles. The van der Waals surface area contributed by atoms with Crippen LogP contribution in [0.2, 0.25) is 0 Å². The van der Waals surface area contributed by atoms with Crippen LogP contribution in [0.15, 0.2) is 30.3 Å². The Morgan fingerprint density at radius 1 is 1.27 bits per heavy atom. The van der Waals surface area contributed by atoms with Crippen molar-refractivity contribution < 1.29 is 17.9 Å². The number of benzene rings is 1. The molecule has 0 radical (unpaired) electrons. The summed E-state index contributed by atoms with van der Waals surface area (Å²) in [4.78, 5) is 21.1. The Bertz CT molecular complexity index is 1060. The number of hydrogen-bond donors (Lipinski definition) is 2. The molecule has 2 fully saturated rings. The zero-order chi connectivity index (χ0) is 21.4. The summed E-state index contributed by atoms with van der Waals surface area (Å²) in [5, 5.41) is 5.44. The third-order valence-corrected chi connectivity index (χ3v) is 6.50. The predicted octanol–water partition coefficient (Wildman–Crippen LogP) is 2.51. The maximum atomic E-state index is 11.9. The number of urea groups is 1. The van der Waals surface area contributed by atoms with Gasteiger partial charge in [0.15, 0.2) is 15.7 Å². The van der Waals surface area contributed by atoms with E-state index in [1.807, 2.05) is 25.1 Å². The van der Waals surface area contributed by atoms with E-state index in [9.17, 15) is 13.2 Å². The van der Waals surface area contributed by atoms with E-state index in [-0.39, 0.29) is 17.2 Å². The number of rotatable bonds is 6. The van der Waals surface area contributed by atoms with Gasteiger partial charge in [0.1, 0.15) is 0 Å². The van der Waals surface area contributed by atoms with E-state index in [0.29, 0.717) is 36.3 Å². The molecule has 0 spiro atoms. The number of fused-ring (bicyclic) bond motifs is 1. The minimum absolute atomic E-state index is 0.0259. The van der Waals surface area contributed by atoms with E-state index in [2.05, 4.69) is 15.6 Å². The normalized spacial score (nSPS) is 22.8. The Hall–Kier alpha value is -2.52. The van der Waals surface area contributed by atoms with Gasteiger partial charge >= 0.3 is 6.03 Å². The van der Waals surface area contributed by atoms with Gasteiger partial charge in [-0.05, 0) is 56.0 Å². The van der Waals surface area contributed by atoms with Gasteiger partial charge in [-0.2, -0.15) is 0 Å². The van der Waals surface area contributed by atoms with Gasteiger partial charge in [0, 0.05) is 36.1 Å². The number of nitrogens with one attached hydrogen (secondary N) is 2. The van der Waals surface area contributed by atoms with Crippen LogP contribution >= 0.6 is 0 Å². The first-order chi connectivity index (χ1) is 14.3. The molecule has 4 rings (SSSR count). The number of hydrogen-bond acceptors (Lipinski definition) is 6. The largest absolute Gasteiger partial charge is 0.381 e. The number of carbonyl (C=O) groups excluding carboxylic acids is 1. The summed E-state index contributed by atoms with van der Waals surface area (Å²) < 4.78 is 29.4. The van der Waals surface area contributed by atoms with Gasteiger partial charge in [0.2, 0.25) is 0 Å². The monoisotopic (exact) mass is 430 g/mol. The second-order valence-corrected chi connectivity index (χ2v) is 10.2. The Morgan fingerprint density at radius 3 is 2.70 bits per heavy atom. The minimum atomic E-state index is -3.22. The van der Waals surface area contributed by atoms with Crippen molar-refractivity contribution >= 4 is 21.6 Å². The lowest BCUT2D eigenvalue weighted by Gasteiger charge is -2.22. The molecule has 30 heavy (non-hydrogen) atoms. The van der Waals surface area contributed by atoms with Crippen LogP contribution in [0, 0.1) is 5.92 Å². The van der Waals surface area contributed by atoms with Gasteiger partial charge in [0.25, 0.3) is 0 Å². The minimum Gasteiger partial charge on any atom is -0.381 e. The summed E-state index contributed by atoms with van der Waals surface area (Å²) in [5.74, 6) is 0.815. The highest BCUT2D eigenvalue weighted by molar-refractivity contribution is 7.89. The average Bonchev–Trinajstić information content (AvgIpc) is 3.43. The van der Waals surface area contributed by atoms with Crippen molar-refractivity contribution in [2.45, 2.75) is 30.9 Å². The molecule has 0 bridgehead atoms. The number of sulfone groups is 1. The zero-order valence-electron chi connectivity index (χ0n) is 17.1. The van der Waals surface area contributed by atoms with Crippen LogP contribution in [0.3, 0.4) is 0 Å². The second-order valence-electron chi connectivity index (χ2n) is 8.08. The standard InChI is InChI=1S/C21H26N4O4S/c1-3-22-20(26)24-16-6-4-14(5-7-16)19-23-17(13-30(2,27)28)10-18(25-19)21-8-9-29-12-15(21)11-21/h4-7,10,15H,3,8-9,11-13H2,1-2H3,(H2,22,24,26)/t15-,21+/m1/s1. The van der Waals surface area contributed by atoms with E-state index < -0.39 is 9.84 Å². The molecule has 9 heteroatoms. The fourth-order valence-corrected chi connectivity index (χ4v) is 4.77. The average molecular weight is 431 g/mol. The SMILES string of the molecule is CCNC(=O)Nc1ccc(-c2nc(CS(C)(=O)=O)cc([C@]34CCOC[C@H]3C4)n2)cc1. The zero-order valence-corrected chi connectivity index (χ0v) is 18.0. The molecule has 2 atom stereocenters. The first-order valence-corrected chi connectivity index (χ1v) is 12.1. The van der Waals surface area contributed by atoms with Crippen molar-refractivity contribution in [2.75, 3.05) is 31.3 Å². The smallest absolute Gasteiger partial charge is 0.319 e. The second kappa shape index (κ2) is 7.96. The molecular formula is C21H26N4O4S. The number of ether oxygens (including phenoxy) is 1. The molecule has 2 heterocycles. The molecule has 0 unspecified atom stereocenters. The third kappa shape index (κ3) is 4.46. The molecule has 1 aliphatic heterocycles. The van der Waals surface area contributed by atoms with Gasteiger partial charge in [-0.1, -0.05) is 0 Å². The van der Waals surface area contributed by atoms with Crippen LogP contribution in [0.4, 0.5) is 10.5 Å². The van der Waals surface area contributed by atoms with Gasteiger partial charge in [-0.25, -0.2) is 23.2 Å². The van der Waals surface area contributed by atoms with Crippen molar-refractivity contribution in [1.82, 2.24) is 15.3 Å². The summed E-state index contributed by atoms with van der Waals surface area (Å²) >= 11 is 0. The fraction of sp³-hybridized carbons (Fsp3) is 0.476. The molecular weight excluding hydrogens is 404 g/mol. The summed E-state index contributed by atoms with van der Waals surface area (Å²) in [7, 11) is -3.22. The molecule has 8 nitrogen and oxygen atoms in total. The first kappa shape index (κ1) is 20.7. The molecule has 160 valence electrons. The number of carbonyl (C=O) groups is 1. The molecule has 2 N–H and O–H groups in total. The van der Waals surface area contributed by atoms with Crippen molar-refractivity contribution in [3.63, 3.8) is 0 Å². The van der Waals surface area contributed by atoms with Crippen LogP contribution in [0.5, 0.6) is 0 Å². The maximum Gasteiger partial charge on any atom is 0.319 e. The van der Waals surface area contributed by atoms with Crippen molar-refractivity contribution in [1.29, 1.82) is 0 Å². The van der Waals surface area contributed by atoms with Gasteiger partial charge in [-0.3, -0.25) is 0 Å². The van der Waals surface area contributed by atoms with Crippen LogP contribution in [-0.2, 0) is 25.7 Å². The number of nitrogens with zero attached hydrogens (tertiary/aromatic N) is 2. The Morgan fingerprint density at radius 2 is 2.03 bits per heavy atom. The highest BCUT2D eigenvalue weighted by Crippen LogP contribution is 2.58. The van der Waals surface area contributed by atoms with Crippen LogP contribution in [0.1, 0.15) is 31.2 Å². The summed E-state index contributed by atoms with van der Waals surface area (Å²) in [6.07, 6.45) is 3.11. The lowest BCUT2D eigenvalue weighted by Crippen LogP contribution is -2.28. The van der Waals surface area contributed by atoms with Crippen molar-refractivity contribution in [3.8, 4) is 11.4 Å². The maximum absolute atomic E-state index is 11.9. The quantitative estimate of drug-likeness (QED) is 0.729. The van der Waals surface area contributed by atoms with Gasteiger partial charge in [-0.15, -0.1) is 0 Å².